The Morgan fingerprint density at radius 2 is 2.42 bits per heavy atom. The summed E-state index contributed by atoms with van der Waals surface area (Å²) in [6, 6.07) is 0. The Kier molecular flexibility index (Phi) is 2.47. The van der Waals surface area contributed by atoms with E-state index >= 15 is 0 Å². The second kappa shape index (κ2) is 3.58. The summed E-state index contributed by atoms with van der Waals surface area (Å²) in [6.45, 7) is 4.73. The van der Waals surface area contributed by atoms with Crippen molar-refractivity contribution in [2.24, 2.45) is 11.7 Å². The lowest BCUT2D eigenvalue weighted by molar-refractivity contribution is 0.307. The molecule has 0 aromatic carbocycles. The fourth-order valence-corrected chi connectivity index (χ4v) is 2.37. The third kappa shape index (κ3) is 1.54. The van der Waals surface area contributed by atoms with Gasteiger partial charge >= 0.3 is 0 Å². The normalized spacial score (nSPS) is 37.6. The number of hydrogen-bond donors (Lipinski definition) is 1. The molecule has 0 amide bonds. The zero-order valence-corrected chi connectivity index (χ0v) is 7.63. The minimum Gasteiger partial charge on any atom is -0.330 e. The topological polar surface area (TPSA) is 29.3 Å². The Morgan fingerprint density at radius 3 is 3.25 bits per heavy atom. The Labute approximate surface area is 74.4 Å². The SMILES string of the molecule is NCC/C=C1/CCN2CCC1C2. The summed E-state index contributed by atoms with van der Waals surface area (Å²) in [5, 5.41) is 0. The van der Waals surface area contributed by atoms with Gasteiger partial charge in [-0.05, 0) is 38.3 Å². The van der Waals surface area contributed by atoms with E-state index in [-0.39, 0.29) is 0 Å². The zero-order valence-electron chi connectivity index (χ0n) is 7.63. The van der Waals surface area contributed by atoms with Gasteiger partial charge < -0.3 is 10.6 Å². The number of nitrogens with zero attached hydrogens (tertiary/aromatic N) is 1. The van der Waals surface area contributed by atoms with Gasteiger partial charge in [0.15, 0.2) is 0 Å². The maximum atomic E-state index is 5.49. The standard InChI is InChI=1S/C10H18N2/c11-5-1-2-9-3-6-12-7-4-10(9)8-12/h2,10H,1,3-8,11H2/b9-2-. The highest BCUT2D eigenvalue weighted by atomic mass is 15.2. The first-order valence-electron chi connectivity index (χ1n) is 5.01. The molecule has 0 saturated carbocycles. The van der Waals surface area contributed by atoms with Crippen LogP contribution in [0.25, 0.3) is 0 Å². The molecule has 2 rings (SSSR count). The molecule has 2 heterocycles. The average Bonchev–Trinajstić information content (AvgIpc) is 2.48. The molecular formula is C10H18N2. The molecule has 2 saturated heterocycles. The Morgan fingerprint density at radius 1 is 1.50 bits per heavy atom. The van der Waals surface area contributed by atoms with Gasteiger partial charge in [-0.3, -0.25) is 0 Å². The van der Waals surface area contributed by atoms with Crippen LogP contribution < -0.4 is 5.73 Å². The molecule has 2 heteroatoms. The highest BCUT2D eigenvalue weighted by molar-refractivity contribution is 5.13. The lowest BCUT2D eigenvalue weighted by Gasteiger charge is -2.24. The van der Waals surface area contributed by atoms with Gasteiger partial charge in [-0.25, -0.2) is 0 Å². The Hall–Kier alpha value is -0.340. The molecule has 0 aromatic rings. The second-order valence-corrected chi connectivity index (χ2v) is 3.89. The molecule has 2 aliphatic heterocycles. The molecule has 2 N–H and O–H groups in total. The predicted molar refractivity (Wildman–Crippen MR) is 50.9 cm³/mol. The average molecular weight is 166 g/mol. The van der Waals surface area contributed by atoms with Crippen molar-refractivity contribution >= 4 is 0 Å². The first-order valence-corrected chi connectivity index (χ1v) is 5.01. The van der Waals surface area contributed by atoms with Crippen LogP contribution >= 0.6 is 0 Å². The highest BCUT2D eigenvalue weighted by Crippen LogP contribution is 2.31. The van der Waals surface area contributed by atoms with Gasteiger partial charge in [-0.1, -0.05) is 11.6 Å². The number of rotatable bonds is 2. The van der Waals surface area contributed by atoms with Crippen LogP contribution in [0.2, 0.25) is 0 Å². The van der Waals surface area contributed by atoms with Gasteiger partial charge in [0.1, 0.15) is 0 Å². The van der Waals surface area contributed by atoms with Gasteiger partial charge in [-0.2, -0.15) is 0 Å². The van der Waals surface area contributed by atoms with Crippen LogP contribution in [0, 0.1) is 5.92 Å². The van der Waals surface area contributed by atoms with E-state index in [1.54, 1.807) is 5.57 Å². The van der Waals surface area contributed by atoms with Gasteiger partial charge in [-0.15, -0.1) is 0 Å². The predicted octanol–water partition coefficient (Wildman–Crippen LogP) is 0.987. The lowest BCUT2D eigenvalue weighted by atomic mass is 9.93. The van der Waals surface area contributed by atoms with Crippen molar-refractivity contribution in [1.82, 2.24) is 4.90 Å². The van der Waals surface area contributed by atoms with E-state index in [9.17, 15) is 0 Å². The molecule has 2 bridgehead atoms. The highest BCUT2D eigenvalue weighted by Gasteiger charge is 2.29. The molecule has 2 atom stereocenters. The largest absolute Gasteiger partial charge is 0.330 e. The van der Waals surface area contributed by atoms with Gasteiger partial charge in [0.2, 0.25) is 0 Å². The summed E-state index contributed by atoms with van der Waals surface area (Å²) in [7, 11) is 0. The first-order chi connectivity index (χ1) is 5.90. The molecule has 2 aliphatic rings. The van der Waals surface area contributed by atoms with Crippen LogP contribution in [0.3, 0.4) is 0 Å². The van der Waals surface area contributed by atoms with Gasteiger partial charge in [0.05, 0.1) is 0 Å². The summed E-state index contributed by atoms with van der Waals surface area (Å²) in [5.74, 6) is 0.880. The fraction of sp³-hybridized carbons (Fsp3) is 0.800. The molecule has 0 spiro atoms. The lowest BCUT2D eigenvalue weighted by Crippen LogP contribution is -2.27. The molecule has 68 valence electrons. The Bertz CT molecular complexity index is 186. The number of piperidine rings is 1. The fourth-order valence-electron chi connectivity index (χ4n) is 2.37. The van der Waals surface area contributed by atoms with E-state index in [1.165, 1.54) is 32.5 Å². The van der Waals surface area contributed by atoms with Crippen LogP contribution in [0.15, 0.2) is 11.6 Å². The summed E-state index contributed by atoms with van der Waals surface area (Å²) >= 11 is 0. The van der Waals surface area contributed by atoms with Crippen LogP contribution in [0.5, 0.6) is 0 Å². The van der Waals surface area contributed by atoms with Crippen molar-refractivity contribution in [3.63, 3.8) is 0 Å². The molecule has 2 unspecified atom stereocenters. The number of fused-ring (bicyclic) bond motifs is 2. The van der Waals surface area contributed by atoms with E-state index in [4.69, 9.17) is 5.73 Å². The summed E-state index contributed by atoms with van der Waals surface area (Å²) in [5.41, 5.74) is 7.18. The van der Waals surface area contributed by atoms with Crippen LogP contribution in [0.1, 0.15) is 19.3 Å². The van der Waals surface area contributed by atoms with E-state index < -0.39 is 0 Å². The first kappa shape index (κ1) is 8.27. The molecule has 2 nitrogen and oxygen atoms in total. The van der Waals surface area contributed by atoms with Crippen molar-refractivity contribution in [3.05, 3.63) is 11.6 Å². The smallest absolute Gasteiger partial charge is 0.00476 e. The van der Waals surface area contributed by atoms with E-state index in [2.05, 4.69) is 11.0 Å². The monoisotopic (exact) mass is 166 g/mol. The molecular weight excluding hydrogens is 148 g/mol. The summed E-state index contributed by atoms with van der Waals surface area (Å²) < 4.78 is 0. The number of nitrogens with two attached hydrogens (primary N) is 1. The van der Waals surface area contributed by atoms with E-state index in [1.807, 2.05) is 0 Å². The van der Waals surface area contributed by atoms with Crippen LogP contribution in [-0.4, -0.2) is 31.1 Å². The Balaban J connectivity index is 1.97. The van der Waals surface area contributed by atoms with Crippen molar-refractivity contribution in [2.75, 3.05) is 26.2 Å². The maximum absolute atomic E-state index is 5.49. The minimum atomic E-state index is 0.805. The zero-order chi connectivity index (χ0) is 8.39. The van der Waals surface area contributed by atoms with Gasteiger partial charge in [0.25, 0.3) is 0 Å². The summed E-state index contributed by atoms with van der Waals surface area (Å²) in [4.78, 5) is 2.57. The molecule has 2 fully saturated rings. The van der Waals surface area contributed by atoms with Crippen LogP contribution in [-0.2, 0) is 0 Å². The maximum Gasteiger partial charge on any atom is 0.00476 e. The molecule has 12 heavy (non-hydrogen) atoms. The third-order valence-corrected chi connectivity index (χ3v) is 3.09. The third-order valence-electron chi connectivity index (χ3n) is 3.09. The summed E-state index contributed by atoms with van der Waals surface area (Å²) in [6.07, 6.45) is 6.14. The quantitative estimate of drug-likeness (QED) is 0.620. The molecule has 0 radical (unpaired) electrons. The van der Waals surface area contributed by atoms with Crippen molar-refractivity contribution < 1.29 is 0 Å². The van der Waals surface area contributed by atoms with Gasteiger partial charge in [0, 0.05) is 13.1 Å². The van der Waals surface area contributed by atoms with E-state index in [0.29, 0.717) is 0 Å². The van der Waals surface area contributed by atoms with Crippen molar-refractivity contribution in [2.45, 2.75) is 19.3 Å². The second-order valence-electron chi connectivity index (χ2n) is 3.89. The number of hydrogen-bond acceptors (Lipinski definition) is 2. The van der Waals surface area contributed by atoms with Crippen LogP contribution in [0.4, 0.5) is 0 Å². The van der Waals surface area contributed by atoms with Crippen molar-refractivity contribution in [3.8, 4) is 0 Å². The van der Waals surface area contributed by atoms with E-state index in [0.717, 1.165) is 18.9 Å². The molecule has 0 aliphatic carbocycles. The molecule has 0 aromatic heterocycles. The minimum absolute atomic E-state index is 0.805. The van der Waals surface area contributed by atoms with Crippen molar-refractivity contribution in [1.29, 1.82) is 0 Å².